The van der Waals surface area contributed by atoms with Gasteiger partial charge in [-0.3, -0.25) is 4.79 Å². The van der Waals surface area contributed by atoms with E-state index in [1.54, 1.807) is 36.4 Å². The molecule has 0 radical (unpaired) electrons. The Kier molecular flexibility index (Phi) is 2.52. The normalized spacial score (nSPS) is 11.6. The smallest absolute Gasteiger partial charge is 0.175 e. The Hall–Kier alpha value is -1.68. The van der Waals surface area contributed by atoms with E-state index in [1.165, 1.54) is 6.26 Å². The number of sulfone groups is 1. The molecule has 0 saturated carbocycles. The molecule has 0 aromatic heterocycles. The lowest BCUT2D eigenvalue weighted by Crippen LogP contribution is -1.96. The van der Waals surface area contributed by atoms with Crippen molar-refractivity contribution in [1.29, 1.82) is 0 Å². The molecule has 16 heavy (non-hydrogen) atoms. The van der Waals surface area contributed by atoms with Gasteiger partial charge in [0.25, 0.3) is 0 Å². The van der Waals surface area contributed by atoms with E-state index in [-0.39, 0.29) is 0 Å². The number of carbonyl (C=O) groups is 1. The summed E-state index contributed by atoms with van der Waals surface area (Å²) in [4.78, 5) is 10.9. The summed E-state index contributed by atoms with van der Waals surface area (Å²) < 4.78 is 22.7. The third-order valence-corrected chi connectivity index (χ3v) is 3.51. The first-order chi connectivity index (χ1) is 7.50. The quantitative estimate of drug-likeness (QED) is 0.747. The Balaban J connectivity index is 2.69. The molecule has 0 spiro atoms. The number of benzene rings is 2. The van der Waals surface area contributed by atoms with E-state index in [9.17, 15) is 13.2 Å². The van der Waals surface area contributed by atoms with Gasteiger partial charge >= 0.3 is 0 Å². The van der Waals surface area contributed by atoms with Gasteiger partial charge in [0.2, 0.25) is 0 Å². The van der Waals surface area contributed by atoms with E-state index in [1.807, 2.05) is 0 Å². The zero-order chi connectivity index (χ0) is 11.8. The maximum atomic E-state index is 11.3. The maximum absolute atomic E-state index is 11.3. The molecule has 2 aromatic carbocycles. The van der Waals surface area contributed by atoms with Crippen LogP contribution in [-0.2, 0) is 9.84 Å². The largest absolute Gasteiger partial charge is 0.298 e. The van der Waals surface area contributed by atoms with Gasteiger partial charge in [0.15, 0.2) is 9.84 Å². The minimum atomic E-state index is -3.18. The van der Waals surface area contributed by atoms with Gasteiger partial charge in [-0.1, -0.05) is 18.2 Å². The maximum Gasteiger partial charge on any atom is 0.175 e. The molecule has 2 rings (SSSR count). The first kappa shape index (κ1) is 10.8. The van der Waals surface area contributed by atoms with Gasteiger partial charge in [0.05, 0.1) is 4.90 Å². The molecular formula is C12H10O3S. The Labute approximate surface area is 93.6 Å². The molecule has 0 bridgehead atoms. The summed E-state index contributed by atoms with van der Waals surface area (Å²) in [5.74, 6) is 0. The van der Waals surface area contributed by atoms with Gasteiger partial charge in [-0.05, 0) is 29.0 Å². The molecule has 0 fully saturated rings. The van der Waals surface area contributed by atoms with Gasteiger partial charge in [0, 0.05) is 11.8 Å². The van der Waals surface area contributed by atoms with Crippen molar-refractivity contribution in [1.82, 2.24) is 0 Å². The number of aldehydes is 1. The first-order valence-electron chi connectivity index (χ1n) is 4.70. The van der Waals surface area contributed by atoms with Gasteiger partial charge in [-0.2, -0.15) is 0 Å². The summed E-state index contributed by atoms with van der Waals surface area (Å²) in [5.41, 5.74) is 0.583. The summed E-state index contributed by atoms with van der Waals surface area (Å²) in [7, 11) is -3.18. The number of rotatable bonds is 2. The Bertz CT molecular complexity index is 657. The minimum absolute atomic E-state index is 0.291. The molecule has 0 heterocycles. The summed E-state index contributed by atoms with van der Waals surface area (Å²) in [6, 6.07) is 10.0. The van der Waals surface area contributed by atoms with Gasteiger partial charge in [-0.15, -0.1) is 0 Å². The molecular weight excluding hydrogens is 224 g/mol. The van der Waals surface area contributed by atoms with Crippen molar-refractivity contribution in [3.8, 4) is 0 Å². The molecule has 0 aliphatic carbocycles. The van der Waals surface area contributed by atoms with Gasteiger partial charge in [-0.25, -0.2) is 8.42 Å². The second kappa shape index (κ2) is 3.72. The van der Waals surface area contributed by atoms with Crippen LogP contribution in [0, 0.1) is 0 Å². The lowest BCUT2D eigenvalue weighted by Gasteiger charge is -2.02. The zero-order valence-corrected chi connectivity index (χ0v) is 9.49. The number of hydrogen-bond acceptors (Lipinski definition) is 3. The van der Waals surface area contributed by atoms with Crippen molar-refractivity contribution < 1.29 is 13.2 Å². The molecule has 0 N–H and O–H groups in total. The fourth-order valence-electron chi connectivity index (χ4n) is 1.55. The van der Waals surface area contributed by atoms with Crippen LogP contribution in [0.25, 0.3) is 10.8 Å². The molecule has 82 valence electrons. The van der Waals surface area contributed by atoms with E-state index in [0.29, 0.717) is 10.5 Å². The van der Waals surface area contributed by atoms with Gasteiger partial charge in [0.1, 0.15) is 6.29 Å². The highest BCUT2D eigenvalue weighted by molar-refractivity contribution is 7.90. The second-order valence-electron chi connectivity index (χ2n) is 3.66. The fourth-order valence-corrected chi connectivity index (χ4v) is 2.20. The van der Waals surface area contributed by atoms with Crippen molar-refractivity contribution >= 4 is 26.9 Å². The third kappa shape index (κ3) is 1.97. The molecule has 0 atom stereocenters. The molecule has 0 saturated heterocycles. The van der Waals surface area contributed by atoms with Crippen LogP contribution in [-0.4, -0.2) is 21.0 Å². The van der Waals surface area contributed by atoms with Crippen LogP contribution in [0.4, 0.5) is 0 Å². The Morgan fingerprint density at radius 1 is 1.00 bits per heavy atom. The summed E-state index contributed by atoms with van der Waals surface area (Å²) >= 11 is 0. The van der Waals surface area contributed by atoms with E-state index in [0.717, 1.165) is 17.1 Å². The van der Waals surface area contributed by atoms with Crippen molar-refractivity contribution in [2.75, 3.05) is 6.26 Å². The SMILES string of the molecule is CS(=O)(=O)c1ccc2cc(C=O)ccc2c1. The van der Waals surface area contributed by atoms with Crippen molar-refractivity contribution in [2.45, 2.75) is 4.90 Å². The van der Waals surface area contributed by atoms with E-state index in [4.69, 9.17) is 0 Å². The topological polar surface area (TPSA) is 51.2 Å². The van der Waals surface area contributed by atoms with Gasteiger partial charge < -0.3 is 0 Å². The predicted molar refractivity (Wildman–Crippen MR) is 62.4 cm³/mol. The van der Waals surface area contributed by atoms with Crippen molar-refractivity contribution in [2.24, 2.45) is 0 Å². The summed E-state index contributed by atoms with van der Waals surface area (Å²) in [6.45, 7) is 0. The zero-order valence-electron chi connectivity index (χ0n) is 8.67. The average molecular weight is 234 g/mol. The van der Waals surface area contributed by atoms with Crippen LogP contribution in [0.1, 0.15) is 10.4 Å². The summed E-state index contributed by atoms with van der Waals surface area (Å²) in [5, 5.41) is 1.67. The number of carbonyl (C=O) groups excluding carboxylic acids is 1. The molecule has 0 amide bonds. The Morgan fingerprint density at radius 2 is 1.62 bits per heavy atom. The van der Waals surface area contributed by atoms with Crippen LogP contribution in [0.5, 0.6) is 0 Å². The number of fused-ring (bicyclic) bond motifs is 1. The highest BCUT2D eigenvalue weighted by atomic mass is 32.2. The van der Waals surface area contributed by atoms with Crippen LogP contribution in [0.15, 0.2) is 41.3 Å². The van der Waals surface area contributed by atoms with E-state index in [2.05, 4.69) is 0 Å². The van der Waals surface area contributed by atoms with Crippen LogP contribution in [0.3, 0.4) is 0 Å². The standard InChI is InChI=1S/C12H10O3S/c1-16(14,15)12-5-4-10-6-9(8-13)2-3-11(10)7-12/h2-8H,1H3. The molecule has 2 aromatic rings. The van der Waals surface area contributed by atoms with Crippen LogP contribution >= 0.6 is 0 Å². The molecule has 0 aliphatic heterocycles. The minimum Gasteiger partial charge on any atom is -0.298 e. The van der Waals surface area contributed by atoms with E-state index >= 15 is 0 Å². The first-order valence-corrected chi connectivity index (χ1v) is 6.59. The lowest BCUT2D eigenvalue weighted by molar-refractivity contribution is 0.112. The highest BCUT2D eigenvalue weighted by Gasteiger charge is 2.07. The third-order valence-electron chi connectivity index (χ3n) is 2.40. The molecule has 0 unspecified atom stereocenters. The highest BCUT2D eigenvalue weighted by Crippen LogP contribution is 2.19. The molecule has 3 nitrogen and oxygen atoms in total. The predicted octanol–water partition coefficient (Wildman–Crippen LogP) is 2.06. The molecule has 4 heteroatoms. The van der Waals surface area contributed by atoms with Crippen LogP contribution in [0.2, 0.25) is 0 Å². The molecule has 0 aliphatic rings. The Morgan fingerprint density at radius 3 is 2.25 bits per heavy atom. The summed E-state index contributed by atoms with van der Waals surface area (Å²) in [6.07, 6.45) is 1.94. The second-order valence-corrected chi connectivity index (χ2v) is 5.67. The van der Waals surface area contributed by atoms with Crippen molar-refractivity contribution in [3.63, 3.8) is 0 Å². The lowest BCUT2D eigenvalue weighted by atomic mass is 10.1. The number of hydrogen-bond donors (Lipinski definition) is 0. The average Bonchev–Trinajstić information content (AvgIpc) is 2.26. The van der Waals surface area contributed by atoms with E-state index < -0.39 is 9.84 Å². The monoisotopic (exact) mass is 234 g/mol. The fraction of sp³-hybridized carbons (Fsp3) is 0.0833. The van der Waals surface area contributed by atoms with Crippen molar-refractivity contribution in [3.05, 3.63) is 42.0 Å². The van der Waals surface area contributed by atoms with Crippen LogP contribution < -0.4 is 0 Å².